The summed E-state index contributed by atoms with van der Waals surface area (Å²) in [5.41, 5.74) is 0.957. The molecular weight excluding hydrogens is 250 g/mol. The molecule has 0 amide bonds. The van der Waals surface area contributed by atoms with Gasteiger partial charge >= 0.3 is 0 Å². The monoisotopic (exact) mass is 263 g/mol. The summed E-state index contributed by atoms with van der Waals surface area (Å²) >= 11 is 5.27. The molecule has 0 bridgehead atoms. The fourth-order valence-electron chi connectivity index (χ4n) is 1.33. The first kappa shape index (κ1) is 13.4. The van der Waals surface area contributed by atoms with Crippen LogP contribution in [0.1, 0.15) is 5.56 Å². The van der Waals surface area contributed by atoms with Crippen LogP contribution in [0, 0.1) is 0 Å². The van der Waals surface area contributed by atoms with Gasteiger partial charge in [-0.05, 0) is 12.0 Å². The fraction of sp³-hybridized carbons (Fsp3) is 0.400. The van der Waals surface area contributed by atoms with Crippen LogP contribution >= 0.6 is 11.6 Å². The molecule has 0 spiro atoms. The minimum Gasteiger partial charge on any atom is -0.395 e. The summed E-state index contributed by atoms with van der Waals surface area (Å²) in [6.07, 6.45) is 0.438. The number of hydrogen-bond acceptors (Lipinski definition) is 3. The van der Waals surface area contributed by atoms with Crippen LogP contribution in [-0.4, -0.2) is 31.4 Å². The Morgan fingerprint density at radius 1 is 1.31 bits per heavy atom. The van der Waals surface area contributed by atoms with E-state index in [0.29, 0.717) is 6.42 Å². The summed E-state index contributed by atoms with van der Waals surface area (Å²) < 4.78 is 24.7. The van der Waals surface area contributed by atoms with Crippen molar-refractivity contribution in [1.82, 2.24) is 4.72 Å². The lowest BCUT2D eigenvalue weighted by atomic mass is 10.1. The molecule has 0 fully saturated rings. The van der Waals surface area contributed by atoms with E-state index in [4.69, 9.17) is 16.7 Å². The molecule has 1 atom stereocenters. The maximum Gasteiger partial charge on any atom is 0.225 e. The first-order valence-corrected chi connectivity index (χ1v) is 6.97. The number of nitrogens with one attached hydrogen (secondary N) is 1. The molecule has 16 heavy (non-hydrogen) atoms. The second-order valence-corrected chi connectivity index (χ2v) is 5.75. The fourth-order valence-corrected chi connectivity index (χ4v) is 2.25. The Hall–Kier alpha value is -0.620. The first-order valence-electron chi connectivity index (χ1n) is 4.78. The molecule has 0 aliphatic heterocycles. The Kier molecular flexibility index (Phi) is 5.21. The highest BCUT2D eigenvalue weighted by Crippen LogP contribution is 2.04. The summed E-state index contributed by atoms with van der Waals surface area (Å²) in [4.78, 5) is 0. The molecule has 6 heteroatoms. The Morgan fingerprint density at radius 3 is 2.44 bits per heavy atom. The molecule has 1 aromatic rings. The standard InChI is InChI=1S/C10H14ClNO3S/c11-8-16(14,15)12-10(7-13)6-9-4-2-1-3-5-9/h1-5,10,12-13H,6-8H2/t10-/m1/s1. The molecule has 90 valence electrons. The van der Waals surface area contributed by atoms with Gasteiger partial charge < -0.3 is 5.11 Å². The maximum absolute atomic E-state index is 11.2. The molecule has 0 saturated heterocycles. The number of aliphatic hydroxyl groups excluding tert-OH is 1. The van der Waals surface area contributed by atoms with E-state index < -0.39 is 21.3 Å². The van der Waals surface area contributed by atoms with Crippen LogP contribution in [0.25, 0.3) is 0 Å². The third-order valence-corrected chi connectivity index (χ3v) is 3.88. The SMILES string of the molecule is O=S(=O)(CCl)N[C@@H](CO)Cc1ccccc1. The highest BCUT2D eigenvalue weighted by molar-refractivity contribution is 7.90. The second-order valence-electron chi connectivity index (χ2n) is 3.41. The normalized spacial score (nSPS) is 13.6. The van der Waals surface area contributed by atoms with Crippen molar-refractivity contribution in [3.8, 4) is 0 Å². The van der Waals surface area contributed by atoms with Crippen molar-refractivity contribution in [2.24, 2.45) is 0 Å². The topological polar surface area (TPSA) is 66.4 Å². The van der Waals surface area contributed by atoms with Gasteiger partial charge in [-0.3, -0.25) is 0 Å². The van der Waals surface area contributed by atoms with E-state index in [1.54, 1.807) is 0 Å². The number of alkyl halides is 1. The lowest BCUT2D eigenvalue weighted by Gasteiger charge is -2.15. The zero-order valence-electron chi connectivity index (χ0n) is 8.64. The molecule has 0 saturated carbocycles. The van der Waals surface area contributed by atoms with Gasteiger partial charge in [0.2, 0.25) is 10.0 Å². The van der Waals surface area contributed by atoms with E-state index in [2.05, 4.69) is 4.72 Å². The van der Waals surface area contributed by atoms with Crippen molar-refractivity contribution < 1.29 is 13.5 Å². The molecule has 0 aromatic heterocycles. The van der Waals surface area contributed by atoms with E-state index in [1.165, 1.54) is 0 Å². The molecule has 4 nitrogen and oxygen atoms in total. The molecular formula is C10H14ClNO3S. The molecule has 0 heterocycles. The summed E-state index contributed by atoms with van der Waals surface area (Å²) in [6, 6.07) is 8.81. The van der Waals surface area contributed by atoms with Crippen molar-refractivity contribution in [1.29, 1.82) is 0 Å². The van der Waals surface area contributed by atoms with Gasteiger partial charge in [0.15, 0.2) is 0 Å². The number of aliphatic hydroxyl groups is 1. The van der Waals surface area contributed by atoms with Crippen molar-refractivity contribution in [2.45, 2.75) is 12.5 Å². The zero-order valence-corrected chi connectivity index (χ0v) is 10.2. The van der Waals surface area contributed by atoms with Gasteiger partial charge in [0.25, 0.3) is 0 Å². The van der Waals surface area contributed by atoms with Crippen LogP contribution in [0.3, 0.4) is 0 Å². The van der Waals surface area contributed by atoms with Crippen LogP contribution in [0.15, 0.2) is 30.3 Å². The van der Waals surface area contributed by atoms with Gasteiger partial charge in [-0.1, -0.05) is 30.3 Å². The number of rotatable bonds is 6. The summed E-state index contributed by atoms with van der Waals surface area (Å²) in [6.45, 7) is -0.259. The lowest BCUT2D eigenvalue weighted by molar-refractivity contribution is 0.256. The summed E-state index contributed by atoms with van der Waals surface area (Å²) in [5.74, 6) is 0. The Bertz CT molecular complexity index is 407. The summed E-state index contributed by atoms with van der Waals surface area (Å²) in [5, 5.41) is 8.57. The van der Waals surface area contributed by atoms with Crippen LogP contribution < -0.4 is 4.72 Å². The third-order valence-electron chi connectivity index (χ3n) is 2.04. The van der Waals surface area contributed by atoms with Gasteiger partial charge in [-0.2, -0.15) is 0 Å². The number of sulfonamides is 1. The molecule has 1 aromatic carbocycles. The predicted molar refractivity (Wildman–Crippen MR) is 63.8 cm³/mol. The minimum absolute atomic E-state index is 0.259. The quantitative estimate of drug-likeness (QED) is 0.743. The number of benzene rings is 1. The van der Waals surface area contributed by atoms with Crippen LogP contribution in [0.4, 0.5) is 0 Å². The molecule has 2 N–H and O–H groups in total. The van der Waals surface area contributed by atoms with Crippen molar-refractivity contribution in [3.63, 3.8) is 0 Å². The van der Waals surface area contributed by atoms with Crippen LogP contribution in [0.2, 0.25) is 0 Å². The number of halogens is 1. The molecule has 0 aliphatic carbocycles. The van der Waals surface area contributed by atoms with Gasteiger partial charge in [0, 0.05) is 6.04 Å². The average molecular weight is 264 g/mol. The number of hydrogen-bond donors (Lipinski definition) is 2. The highest BCUT2D eigenvalue weighted by atomic mass is 35.5. The maximum atomic E-state index is 11.2. The van der Waals surface area contributed by atoms with Gasteiger partial charge in [0.1, 0.15) is 5.21 Å². The van der Waals surface area contributed by atoms with Crippen LogP contribution in [-0.2, 0) is 16.4 Å². The lowest BCUT2D eigenvalue weighted by Crippen LogP contribution is -2.39. The molecule has 0 unspecified atom stereocenters. The molecule has 0 radical (unpaired) electrons. The predicted octanol–water partition coefficient (Wildman–Crippen LogP) is 0.706. The molecule has 1 rings (SSSR count). The van der Waals surface area contributed by atoms with Crippen molar-refractivity contribution in [2.75, 3.05) is 11.8 Å². The Balaban J connectivity index is 2.63. The first-order chi connectivity index (χ1) is 7.57. The zero-order chi connectivity index (χ0) is 12.0. The van der Waals surface area contributed by atoms with E-state index in [-0.39, 0.29) is 6.61 Å². The largest absolute Gasteiger partial charge is 0.395 e. The van der Waals surface area contributed by atoms with E-state index in [1.807, 2.05) is 30.3 Å². The van der Waals surface area contributed by atoms with Crippen molar-refractivity contribution in [3.05, 3.63) is 35.9 Å². The van der Waals surface area contributed by atoms with E-state index in [9.17, 15) is 8.42 Å². The van der Waals surface area contributed by atoms with Gasteiger partial charge in [0.05, 0.1) is 6.61 Å². The Labute approximate surface area is 100 Å². The molecule has 0 aliphatic rings. The summed E-state index contributed by atoms with van der Waals surface area (Å²) in [7, 11) is -3.50. The highest BCUT2D eigenvalue weighted by Gasteiger charge is 2.16. The van der Waals surface area contributed by atoms with E-state index >= 15 is 0 Å². The third kappa shape index (κ3) is 4.49. The smallest absolute Gasteiger partial charge is 0.225 e. The van der Waals surface area contributed by atoms with Crippen molar-refractivity contribution >= 4 is 21.6 Å². The minimum atomic E-state index is -3.50. The second kappa shape index (κ2) is 6.20. The Morgan fingerprint density at radius 2 is 1.94 bits per heavy atom. The van der Waals surface area contributed by atoms with E-state index in [0.717, 1.165) is 5.56 Å². The average Bonchev–Trinajstić information content (AvgIpc) is 2.29. The van der Waals surface area contributed by atoms with Gasteiger partial charge in [-0.25, -0.2) is 13.1 Å². The van der Waals surface area contributed by atoms with Gasteiger partial charge in [-0.15, -0.1) is 11.6 Å². The van der Waals surface area contributed by atoms with Crippen LogP contribution in [0.5, 0.6) is 0 Å².